The number of amides is 1. The summed E-state index contributed by atoms with van der Waals surface area (Å²) in [6.07, 6.45) is 0.499. The molecule has 8 heteroatoms. The van der Waals surface area contributed by atoms with Gasteiger partial charge >= 0.3 is 0 Å². The second-order valence-corrected chi connectivity index (χ2v) is 6.93. The molecule has 140 valence electrons. The summed E-state index contributed by atoms with van der Waals surface area (Å²) in [6, 6.07) is 7.60. The summed E-state index contributed by atoms with van der Waals surface area (Å²) in [5.74, 6) is 1.60. The highest BCUT2D eigenvalue weighted by molar-refractivity contribution is 7.71. The van der Waals surface area contributed by atoms with Crippen LogP contribution in [0.4, 0.5) is 0 Å². The predicted octanol–water partition coefficient (Wildman–Crippen LogP) is 2.64. The molecule has 1 aromatic carbocycles. The smallest absolute Gasteiger partial charge is 0.224 e. The quantitative estimate of drug-likeness (QED) is 0.812. The molecule has 0 saturated carbocycles. The topological polar surface area (TPSA) is 72.4 Å². The van der Waals surface area contributed by atoms with Gasteiger partial charge in [0.15, 0.2) is 10.6 Å². The Hall–Kier alpha value is -2.19. The van der Waals surface area contributed by atoms with Gasteiger partial charge in [-0.15, -0.1) is 0 Å². The minimum Gasteiger partial charge on any atom is -0.497 e. The minimum atomic E-state index is 0.0636. The van der Waals surface area contributed by atoms with E-state index in [9.17, 15) is 4.79 Å². The molecule has 0 bridgehead atoms. The van der Waals surface area contributed by atoms with Crippen molar-refractivity contribution in [1.82, 2.24) is 19.7 Å². The van der Waals surface area contributed by atoms with Crippen molar-refractivity contribution in [2.45, 2.75) is 39.0 Å². The van der Waals surface area contributed by atoms with Crippen LogP contribution >= 0.6 is 12.2 Å². The Labute approximate surface area is 157 Å². The van der Waals surface area contributed by atoms with Crippen LogP contribution in [-0.2, 0) is 16.1 Å². The van der Waals surface area contributed by atoms with Gasteiger partial charge in [0.1, 0.15) is 5.75 Å². The van der Waals surface area contributed by atoms with E-state index in [1.165, 1.54) is 0 Å². The number of hydrogen-bond donors (Lipinski definition) is 1. The predicted molar refractivity (Wildman–Crippen MR) is 101 cm³/mol. The standard InChI is InChI=1S/C18H24N4O3S/c1-12-10-21(11-13(2)25-12)16(23)8-9-22-17(19-20-18(22)26)14-4-6-15(24-3)7-5-14/h4-7,12-13H,8-11H2,1-3H3,(H,20,26)/t12-,13+. The van der Waals surface area contributed by atoms with Crippen LogP contribution in [0.25, 0.3) is 11.4 Å². The zero-order chi connectivity index (χ0) is 18.7. The normalized spacial score (nSPS) is 20.2. The molecule has 3 rings (SSSR count). The number of aromatic nitrogens is 3. The lowest BCUT2D eigenvalue weighted by Gasteiger charge is -2.35. The van der Waals surface area contributed by atoms with Crippen LogP contribution in [0.15, 0.2) is 24.3 Å². The van der Waals surface area contributed by atoms with E-state index in [0.29, 0.717) is 36.7 Å². The molecule has 2 heterocycles. The van der Waals surface area contributed by atoms with E-state index < -0.39 is 0 Å². The molecule has 2 aromatic rings. The van der Waals surface area contributed by atoms with Crippen molar-refractivity contribution >= 4 is 18.1 Å². The lowest BCUT2D eigenvalue weighted by atomic mass is 10.2. The van der Waals surface area contributed by atoms with E-state index in [2.05, 4.69) is 10.2 Å². The Bertz CT molecular complexity index is 805. The fraction of sp³-hybridized carbons (Fsp3) is 0.500. The molecule has 0 unspecified atom stereocenters. The van der Waals surface area contributed by atoms with E-state index in [0.717, 1.165) is 11.3 Å². The van der Waals surface area contributed by atoms with Crippen LogP contribution in [0, 0.1) is 4.77 Å². The summed E-state index contributed by atoms with van der Waals surface area (Å²) in [5, 5.41) is 7.14. The van der Waals surface area contributed by atoms with Gasteiger partial charge < -0.3 is 14.4 Å². The second kappa shape index (κ2) is 8.01. The maximum absolute atomic E-state index is 12.6. The van der Waals surface area contributed by atoms with Crippen molar-refractivity contribution in [3.8, 4) is 17.1 Å². The van der Waals surface area contributed by atoms with E-state index in [1.54, 1.807) is 7.11 Å². The molecule has 1 aliphatic rings. The number of hydrogen-bond acceptors (Lipinski definition) is 5. The fourth-order valence-electron chi connectivity index (χ4n) is 3.23. The molecule has 0 spiro atoms. The minimum absolute atomic E-state index is 0.0636. The first-order valence-corrected chi connectivity index (χ1v) is 9.11. The third-order valence-corrected chi connectivity index (χ3v) is 4.74. The van der Waals surface area contributed by atoms with Crippen molar-refractivity contribution in [3.05, 3.63) is 29.0 Å². The molecule has 1 aliphatic heterocycles. The molecule has 7 nitrogen and oxygen atoms in total. The van der Waals surface area contributed by atoms with Crippen LogP contribution in [0.3, 0.4) is 0 Å². The van der Waals surface area contributed by atoms with E-state index in [-0.39, 0.29) is 18.1 Å². The van der Waals surface area contributed by atoms with Gasteiger partial charge in [0.2, 0.25) is 5.91 Å². The monoisotopic (exact) mass is 376 g/mol. The number of nitrogens with zero attached hydrogens (tertiary/aromatic N) is 3. The van der Waals surface area contributed by atoms with Crippen LogP contribution in [-0.4, -0.2) is 58.0 Å². The molecule has 0 radical (unpaired) electrons. The number of rotatable bonds is 5. The summed E-state index contributed by atoms with van der Waals surface area (Å²) < 4.78 is 13.2. The summed E-state index contributed by atoms with van der Waals surface area (Å²) in [5.41, 5.74) is 0.916. The number of benzene rings is 1. The van der Waals surface area contributed by atoms with Crippen LogP contribution < -0.4 is 4.74 Å². The number of methoxy groups -OCH3 is 1. The van der Waals surface area contributed by atoms with E-state index >= 15 is 0 Å². The Kier molecular flexibility index (Phi) is 5.73. The molecule has 1 fully saturated rings. The third kappa shape index (κ3) is 4.13. The zero-order valence-electron chi connectivity index (χ0n) is 15.3. The maximum Gasteiger partial charge on any atom is 0.224 e. The lowest BCUT2D eigenvalue weighted by Crippen LogP contribution is -2.48. The summed E-state index contributed by atoms with van der Waals surface area (Å²) in [6.45, 7) is 5.72. The lowest BCUT2D eigenvalue weighted by molar-refractivity contribution is -0.143. The van der Waals surface area contributed by atoms with Gasteiger partial charge in [-0.2, -0.15) is 5.10 Å². The summed E-state index contributed by atoms with van der Waals surface area (Å²) in [7, 11) is 1.63. The van der Waals surface area contributed by atoms with Gasteiger partial charge in [-0.3, -0.25) is 14.5 Å². The van der Waals surface area contributed by atoms with Crippen molar-refractivity contribution in [1.29, 1.82) is 0 Å². The Morgan fingerprint density at radius 3 is 2.58 bits per heavy atom. The number of carbonyl (C=O) groups excluding carboxylic acids is 1. The molecule has 1 N–H and O–H groups in total. The summed E-state index contributed by atoms with van der Waals surface area (Å²) in [4.78, 5) is 14.5. The molecule has 0 aliphatic carbocycles. The van der Waals surface area contributed by atoms with Gasteiger partial charge in [-0.1, -0.05) is 0 Å². The number of morpholine rings is 1. The average Bonchev–Trinajstić information content (AvgIpc) is 2.99. The first kappa shape index (κ1) is 18.6. The van der Waals surface area contributed by atoms with Gasteiger partial charge in [0.05, 0.1) is 19.3 Å². The molecule has 2 atom stereocenters. The Balaban J connectivity index is 1.71. The number of nitrogens with one attached hydrogen (secondary N) is 1. The van der Waals surface area contributed by atoms with Crippen molar-refractivity contribution in [3.63, 3.8) is 0 Å². The van der Waals surface area contributed by atoms with Crippen molar-refractivity contribution in [2.24, 2.45) is 0 Å². The Morgan fingerprint density at radius 2 is 1.96 bits per heavy atom. The van der Waals surface area contributed by atoms with Crippen LogP contribution in [0.2, 0.25) is 0 Å². The first-order chi connectivity index (χ1) is 12.5. The summed E-state index contributed by atoms with van der Waals surface area (Å²) >= 11 is 5.34. The second-order valence-electron chi connectivity index (χ2n) is 6.54. The fourth-order valence-corrected chi connectivity index (χ4v) is 3.46. The highest BCUT2D eigenvalue weighted by atomic mass is 32.1. The van der Waals surface area contributed by atoms with Crippen LogP contribution in [0.1, 0.15) is 20.3 Å². The Morgan fingerprint density at radius 1 is 1.31 bits per heavy atom. The molecule has 1 aromatic heterocycles. The SMILES string of the molecule is COc1ccc(-c2n[nH]c(=S)n2CCC(=O)N2C[C@@H](C)O[C@@H](C)C2)cc1. The van der Waals surface area contributed by atoms with Gasteiger partial charge in [0, 0.05) is 31.6 Å². The highest BCUT2D eigenvalue weighted by Gasteiger charge is 2.25. The van der Waals surface area contributed by atoms with Crippen LogP contribution in [0.5, 0.6) is 5.75 Å². The average molecular weight is 376 g/mol. The number of carbonyl (C=O) groups is 1. The van der Waals surface area contributed by atoms with E-state index in [1.807, 2.05) is 47.6 Å². The number of aromatic amines is 1. The van der Waals surface area contributed by atoms with Crippen molar-refractivity contribution in [2.75, 3.05) is 20.2 Å². The van der Waals surface area contributed by atoms with Crippen molar-refractivity contribution < 1.29 is 14.3 Å². The molecule has 1 amide bonds. The first-order valence-electron chi connectivity index (χ1n) is 8.70. The molecular formula is C18H24N4O3S. The number of H-pyrrole nitrogens is 1. The van der Waals surface area contributed by atoms with E-state index in [4.69, 9.17) is 21.7 Å². The molecule has 1 saturated heterocycles. The third-order valence-electron chi connectivity index (χ3n) is 4.43. The van der Waals surface area contributed by atoms with Gasteiger partial charge in [0.25, 0.3) is 0 Å². The highest BCUT2D eigenvalue weighted by Crippen LogP contribution is 2.21. The van der Waals surface area contributed by atoms with Gasteiger partial charge in [-0.25, -0.2) is 0 Å². The maximum atomic E-state index is 12.6. The number of ether oxygens (including phenoxy) is 2. The zero-order valence-corrected chi connectivity index (χ0v) is 16.1. The molecular weight excluding hydrogens is 352 g/mol. The largest absolute Gasteiger partial charge is 0.497 e. The molecule has 26 heavy (non-hydrogen) atoms. The van der Waals surface area contributed by atoms with Gasteiger partial charge in [-0.05, 0) is 50.3 Å².